The maximum Gasteiger partial charge on any atom is 0.259 e. The van der Waals surface area contributed by atoms with Crippen LogP contribution in [0.3, 0.4) is 0 Å². The number of carbonyl (C=O) groups excluding carboxylic acids is 1. The zero-order valence-electron chi connectivity index (χ0n) is 12.1. The van der Waals surface area contributed by atoms with Crippen molar-refractivity contribution in [3.63, 3.8) is 0 Å². The summed E-state index contributed by atoms with van der Waals surface area (Å²) in [6.07, 6.45) is 0.868. The minimum atomic E-state index is -0.253. The van der Waals surface area contributed by atoms with Crippen molar-refractivity contribution >= 4 is 27.5 Å². The molecule has 1 N–H and O–H groups in total. The number of nitrogens with one attached hydrogen (secondary N) is 1. The number of rotatable bonds is 5. The summed E-state index contributed by atoms with van der Waals surface area (Å²) in [5.41, 5.74) is 1.64. The lowest BCUT2D eigenvalue weighted by Gasteiger charge is -2.12. The van der Waals surface area contributed by atoms with Crippen molar-refractivity contribution in [1.82, 2.24) is 0 Å². The van der Waals surface area contributed by atoms with Gasteiger partial charge in [0, 0.05) is 10.2 Å². The van der Waals surface area contributed by atoms with E-state index in [4.69, 9.17) is 10.00 Å². The molecule has 0 aliphatic heterocycles. The van der Waals surface area contributed by atoms with Gasteiger partial charge < -0.3 is 10.1 Å². The highest BCUT2D eigenvalue weighted by Gasteiger charge is 2.13. The molecule has 0 saturated heterocycles. The lowest BCUT2D eigenvalue weighted by molar-refractivity contribution is 0.102. The minimum absolute atomic E-state index is 0.253. The normalized spacial score (nSPS) is 9.86. The van der Waals surface area contributed by atoms with Gasteiger partial charge in [-0.25, -0.2) is 0 Å². The zero-order valence-corrected chi connectivity index (χ0v) is 13.7. The molecule has 2 rings (SSSR count). The standard InChI is InChI=1S/C17H15BrN2O2/c1-2-9-22-16-8-5-13(18)10-15(16)17(21)20-14-6-3-12(11-19)4-7-14/h3-8,10H,2,9H2,1H3,(H,20,21). The van der Waals surface area contributed by atoms with E-state index >= 15 is 0 Å². The van der Waals surface area contributed by atoms with E-state index in [-0.39, 0.29) is 5.91 Å². The van der Waals surface area contributed by atoms with Crippen LogP contribution in [0.5, 0.6) is 5.75 Å². The molecule has 2 aromatic carbocycles. The number of nitriles is 1. The number of hydrogen-bond donors (Lipinski definition) is 1. The van der Waals surface area contributed by atoms with Gasteiger partial charge in [-0.15, -0.1) is 0 Å². The average molecular weight is 359 g/mol. The number of hydrogen-bond acceptors (Lipinski definition) is 3. The molecule has 0 aliphatic carbocycles. The number of amides is 1. The van der Waals surface area contributed by atoms with E-state index in [1.165, 1.54) is 0 Å². The fraction of sp³-hybridized carbons (Fsp3) is 0.176. The van der Waals surface area contributed by atoms with Crippen LogP contribution in [-0.4, -0.2) is 12.5 Å². The van der Waals surface area contributed by atoms with Gasteiger partial charge in [0.1, 0.15) is 5.75 Å². The molecule has 0 unspecified atom stereocenters. The van der Waals surface area contributed by atoms with Crippen LogP contribution in [0.15, 0.2) is 46.9 Å². The highest BCUT2D eigenvalue weighted by molar-refractivity contribution is 9.10. The molecule has 4 nitrogen and oxygen atoms in total. The maximum absolute atomic E-state index is 12.4. The first-order chi connectivity index (χ1) is 10.6. The fourth-order valence-electron chi connectivity index (χ4n) is 1.84. The maximum atomic E-state index is 12.4. The van der Waals surface area contributed by atoms with Crippen molar-refractivity contribution in [3.8, 4) is 11.8 Å². The fourth-order valence-corrected chi connectivity index (χ4v) is 2.21. The van der Waals surface area contributed by atoms with E-state index in [1.807, 2.05) is 19.1 Å². The van der Waals surface area contributed by atoms with Crippen molar-refractivity contribution in [1.29, 1.82) is 5.26 Å². The Morgan fingerprint density at radius 2 is 2.00 bits per heavy atom. The average Bonchev–Trinajstić information content (AvgIpc) is 2.54. The zero-order chi connectivity index (χ0) is 15.9. The Morgan fingerprint density at radius 3 is 2.64 bits per heavy atom. The van der Waals surface area contributed by atoms with E-state index in [2.05, 4.69) is 21.2 Å². The predicted octanol–water partition coefficient (Wildman–Crippen LogP) is 4.36. The summed E-state index contributed by atoms with van der Waals surface area (Å²) in [7, 11) is 0. The van der Waals surface area contributed by atoms with Crippen LogP contribution in [0.25, 0.3) is 0 Å². The first-order valence-corrected chi connectivity index (χ1v) is 7.67. The molecule has 22 heavy (non-hydrogen) atoms. The second-order valence-electron chi connectivity index (χ2n) is 4.63. The second kappa shape index (κ2) is 7.62. The molecule has 0 bridgehead atoms. The van der Waals surface area contributed by atoms with E-state index in [9.17, 15) is 4.79 Å². The molecule has 0 heterocycles. The van der Waals surface area contributed by atoms with Crippen molar-refractivity contribution in [2.45, 2.75) is 13.3 Å². The minimum Gasteiger partial charge on any atom is -0.493 e. The van der Waals surface area contributed by atoms with Gasteiger partial charge in [0.15, 0.2) is 0 Å². The van der Waals surface area contributed by atoms with Crippen LogP contribution in [-0.2, 0) is 0 Å². The van der Waals surface area contributed by atoms with Crippen molar-refractivity contribution in [2.24, 2.45) is 0 Å². The van der Waals surface area contributed by atoms with Crippen molar-refractivity contribution in [3.05, 3.63) is 58.1 Å². The Labute approximate surface area is 137 Å². The Morgan fingerprint density at radius 1 is 1.27 bits per heavy atom. The van der Waals surface area contributed by atoms with E-state index in [0.29, 0.717) is 29.2 Å². The quantitative estimate of drug-likeness (QED) is 0.863. The summed E-state index contributed by atoms with van der Waals surface area (Å²) in [6.45, 7) is 2.56. The van der Waals surface area contributed by atoms with Gasteiger partial charge in [-0.1, -0.05) is 22.9 Å². The van der Waals surface area contributed by atoms with Gasteiger partial charge >= 0.3 is 0 Å². The highest BCUT2D eigenvalue weighted by atomic mass is 79.9. The molecule has 0 fully saturated rings. The third-order valence-electron chi connectivity index (χ3n) is 2.92. The number of carbonyl (C=O) groups is 1. The van der Waals surface area contributed by atoms with Crippen LogP contribution in [0.1, 0.15) is 29.3 Å². The largest absolute Gasteiger partial charge is 0.493 e. The summed E-state index contributed by atoms with van der Waals surface area (Å²) in [6, 6.07) is 14.1. The van der Waals surface area contributed by atoms with Crippen LogP contribution < -0.4 is 10.1 Å². The molecule has 0 atom stereocenters. The lowest BCUT2D eigenvalue weighted by Crippen LogP contribution is -2.14. The molecule has 1 amide bonds. The van der Waals surface area contributed by atoms with Crippen molar-refractivity contribution in [2.75, 3.05) is 11.9 Å². The Bertz CT molecular complexity index is 706. The molecular weight excluding hydrogens is 344 g/mol. The van der Waals surface area contributed by atoms with Crippen molar-refractivity contribution < 1.29 is 9.53 Å². The Hall–Kier alpha value is -2.32. The lowest BCUT2D eigenvalue weighted by atomic mass is 10.1. The first kappa shape index (κ1) is 16.1. The number of ether oxygens (including phenoxy) is 1. The topological polar surface area (TPSA) is 62.1 Å². The number of halogens is 1. The SMILES string of the molecule is CCCOc1ccc(Br)cc1C(=O)Nc1ccc(C#N)cc1. The highest BCUT2D eigenvalue weighted by Crippen LogP contribution is 2.24. The smallest absolute Gasteiger partial charge is 0.259 e. The summed E-state index contributed by atoms with van der Waals surface area (Å²) in [5.74, 6) is 0.299. The van der Waals surface area contributed by atoms with E-state index in [1.54, 1.807) is 36.4 Å². The number of nitrogens with zero attached hydrogens (tertiary/aromatic N) is 1. The molecule has 0 aliphatic rings. The summed E-state index contributed by atoms with van der Waals surface area (Å²) in [5, 5.41) is 11.6. The third-order valence-corrected chi connectivity index (χ3v) is 3.41. The molecule has 5 heteroatoms. The van der Waals surface area contributed by atoms with E-state index < -0.39 is 0 Å². The molecule has 0 saturated carbocycles. The Kier molecular flexibility index (Phi) is 5.56. The molecule has 0 spiro atoms. The molecule has 0 radical (unpaired) electrons. The Balaban J connectivity index is 2.20. The number of benzene rings is 2. The molecule has 112 valence electrons. The van der Waals surface area contributed by atoms with Gasteiger partial charge in [0.05, 0.1) is 23.8 Å². The summed E-state index contributed by atoms with van der Waals surface area (Å²) >= 11 is 3.37. The first-order valence-electron chi connectivity index (χ1n) is 6.88. The van der Waals surface area contributed by atoms with Crippen LogP contribution in [0.4, 0.5) is 5.69 Å². The van der Waals surface area contributed by atoms with Gasteiger partial charge in [-0.3, -0.25) is 4.79 Å². The monoisotopic (exact) mass is 358 g/mol. The predicted molar refractivity (Wildman–Crippen MR) is 89.0 cm³/mol. The van der Waals surface area contributed by atoms with Gasteiger partial charge in [0.2, 0.25) is 0 Å². The summed E-state index contributed by atoms with van der Waals surface area (Å²) in [4.78, 5) is 12.4. The van der Waals surface area contributed by atoms with Gasteiger partial charge in [-0.05, 0) is 48.9 Å². The summed E-state index contributed by atoms with van der Waals surface area (Å²) < 4.78 is 6.42. The van der Waals surface area contributed by atoms with Gasteiger partial charge in [-0.2, -0.15) is 5.26 Å². The second-order valence-corrected chi connectivity index (χ2v) is 5.55. The molecule has 2 aromatic rings. The number of anilines is 1. The third kappa shape index (κ3) is 4.09. The molecule has 0 aromatic heterocycles. The van der Waals surface area contributed by atoms with Crippen LogP contribution in [0, 0.1) is 11.3 Å². The van der Waals surface area contributed by atoms with E-state index in [0.717, 1.165) is 10.9 Å². The molecular formula is C17H15BrN2O2. The van der Waals surface area contributed by atoms with Crippen LogP contribution >= 0.6 is 15.9 Å². The van der Waals surface area contributed by atoms with Crippen LogP contribution in [0.2, 0.25) is 0 Å². The van der Waals surface area contributed by atoms with Gasteiger partial charge in [0.25, 0.3) is 5.91 Å².